The zero-order valence-corrected chi connectivity index (χ0v) is 17.0. The number of fused-ring (bicyclic) bond motifs is 1. The maximum atomic E-state index is 13.4. The van der Waals surface area contributed by atoms with E-state index in [1.54, 1.807) is 31.4 Å². The molecule has 1 heterocycles. The third-order valence-electron chi connectivity index (χ3n) is 5.06. The molecule has 0 aliphatic heterocycles. The number of carbonyl (C=O) groups is 1. The third kappa shape index (κ3) is 4.11. The van der Waals surface area contributed by atoms with Gasteiger partial charge in [0.1, 0.15) is 18.4 Å². The minimum absolute atomic E-state index is 0.0450. The Bertz CT molecular complexity index is 958. The molecule has 5 nitrogen and oxygen atoms in total. The van der Waals surface area contributed by atoms with Crippen molar-refractivity contribution in [1.29, 1.82) is 0 Å². The monoisotopic (exact) mass is 381 g/mol. The van der Waals surface area contributed by atoms with E-state index in [1.807, 2.05) is 35.8 Å². The van der Waals surface area contributed by atoms with Crippen LogP contribution < -0.4 is 10.1 Å². The van der Waals surface area contributed by atoms with Gasteiger partial charge in [0.05, 0.1) is 25.4 Å². The van der Waals surface area contributed by atoms with Crippen LogP contribution in [0.5, 0.6) is 5.75 Å². The largest absolute Gasteiger partial charge is 0.497 e. The van der Waals surface area contributed by atoms with Gasteiger partial charge in [0.15, 0.2) is 0 Å². The van der Waals surface area contributed by atoms with Crippen molar-refractivity contribution < 1.29 is 20.0 Å². The lowest BCUT2D eigenvalue weighted by molar-refractivity contribution is -0.688. The smallest absolute Gasteiger partial charge is 0.209 e. The lowest BCUT2D eigenvalue weighted by Crippen LogP contribution is -2.90. The summed E-state index contributed by atoms with van der Waals surface area (Å²) in [4.78, 5) is 13.4. The van der Waals surface area contributed by atoms with Crippen LogP contribution >= 0.6 is 0 Å². The maximum Gasteiger partial charge on any atom is 0.209 e. The minimum atomic E-state index is -0.542. The van der Waals surface area contributed by atoms with Gasteiger partial charge in [-0.05, 0) is 56.7 Å². The molecule has 5 heteroatoms. The number of nitrogens with zero attached hydrogens (tertiary/aromatic N) is 1. The molecule has 148 valence electrons. The van der Waals surface area contributed by atoms with E-state index in [9.17, 15) is 9.90 Å². The number of ketones is 1. The van der Waals surface area contributed by atoms with E-state index in [-0.39, 0.29) is 5.78 Å². The minimum Gasteiger partial charge on any atom is -0.497 e. The second kappa shape index (κ2) is 8.59. The lowest BCUT2D eigenvalue weighted by atomic mass is 10.0. The number of hydrogen-bond donors (Lipinski definition) is 2. The summed E-state index contributed by atoms with van der Waals surface area (Å²) >= 11 is 0. The predicted molar refractivity (Wildman–Crippen MR) is 111 cm³/mol. The van der Waals surface area contributed by atoms with E-state index in [0.29, 0.717) is 36.1 Å². The summed E-state index contributed by atoms with van der Waals surface area (Å²) in [6.45, 7) is 7.15. The molecular formula is C23H29N2O3+. The van der Waals surface area contributed by atoms with Gasteiger partial charge in [-0.25, -0.2) is 0 Å². The number of aliphatic hydroxyl groups excluding tert-OH is 1. The lowest BCUT2D eigenvalue weighted by Gasteiger charge is -2.16. The van der Waals surface area contributed by atoms with Crippen LogP contribution in [-0.2, 0) is 6.54 Å². The van der Waals surface area contributed by atoms with Gasteiger partial charge in [-0.15, -0.1) is 0 Å². The molecule has 0 fully saturated rings. The molecule has 0 saturated carbocycles. The fourth-order valence-corrected chi connectivity index (χ4v) is 3.55. The second-order valence-corrected chi connectivity index (χ2v) is 7.53. The molecule has 0 aliphatic rings. The van der Waals surface area contributed by atoms with E-state index in [2.05, 4.69) is 19.2 Å². The number of aryl methyl sites for hydroxylation is 1. The van der Waals surface area contributed by atoms with Crippen molar-refractivity contribution in [3.63, 3.8) is 0 Å². The van der Waals surface area contributed by atoms with Crippen molar-refractivity contribution in [3.8, 4) is 5.75 Å². The number of para-hydroxylation sites is 1. The van der Waals surface area contributed by atoms with Crippen LogP contribution in [0.25, 0.3) is 10.9 Å². The first-order valence-electron chi connectivity index (χ1n) is 9.70. The molecule has 0 unspecified atom stereocenters. The fourth-order valence-electron chi connectivity index (χ4n) is 3.55. The number of carbonyl (C=O) groups excluding carboxylic acids is 1. The molecule has 3 N–H and O–H groups in total. The van der Waals surface area contributed by atoms with E-state index in [0.717, 1.165) is 16.5 Å². The number of quaternary nitrogens is 1. The van der Waals surface area contributed by atoms with E-state index in [4.69, 9.17) is 4.74 Å². The first kappa shape index (κ1) is 20.1. The van der Waals surface area contributed by atoms with Crippen LogP contribution in [-0.4, -0.2) is 41.3 Å². The van der Waals surface area contributed by atoms with Gasteiger partial charge in [0.2, 0.25) is 5.78 Å². The Kier molecular flexibility index (Phi) is 6.17. The van der Waals surface area contributed by atoms with Crippen LogP contribution in [0.15, 0.2) is 48.5 Å². The second-order valence-electron chi connectivity index (χ2n) is 7.53. The molecule has 0 amide bonds. The Morgan fingerprint density at radius 2 is 1.82 bits per heavy atom. The quantitative estimate of drug-likeness (QED) is 0.589. The number of hydrogen-bond acceptors (Lipinski definition) is 3. The van der Waals surface area contributed by atoms with Gasteiger partial charge in [-0.1, -0.05) is 18.2 Å². The van der Waals surface area contributed by atoms with Gasteiger partial charge in [0, 0.05) is 16.5 Å². The molecule has 1 aromatic heterocycles. The van der Waals surface area contributed by atoms with E-state index >= 15 is 0 Å². The topological polar surface area (TPSA) is 68.1 Å². The fraction of sp³-hybridized carbons (Fsp3) is 0.348. The summed E-state index contributed by atoms with van der Waals surface area (Å²) in [5.74, 6) is 0.671. The molecule has 1 atom stereocenters. The Labute approximate surface area is 165 Å². The SMILES string of the molecule is COc1ccc(C(=O)c2c(C)c3ccccc3n2C[C@H](O)C[NH2+]C(C)C)cc1. The highest BCUT2D eigenvalue weighted by Crippen LogP contribution is 2.28. The molecule has 2 aromatic carbocycles. The number of benzene rings is 2. The van der Waals surface area contributed by atoms with Crippen molar-refractivity contribution in [2.24, 2.45) is 0 Å². The number of ether oxygens (including phenoxy) is 1. The number of methoxy groups -OCH3 is 1. The van der Waals surface area contributed by atoms with Crippen LogP contribution in [0.4, 0.5) is 0 Å². The number of nitrogens with two attached hydrogens (primary N) is 1. The van der Waals surface area contributed by atoms with Gasteiger partial charge in [-0.2, -0.15) is 0 Å². The van der Waals surface area contributed by atoms with Crippen LogP contribution in [0.1, 0.15) is 35.5 Å². The zero-order chi connectivity index (χ0) is 20.3. The Morgan fingerprint density at radius 1 is 1.14 bits per heavy atom. The molecule has 28 heavy (non-hydrogen) atoms. The van der Waals surface area contributed by atoms with Gasteiger partial charge in [-0.3, -0.25) is 4.79 Å². The van der Waals surface area contributed by atoms with Crippen LogP contribution in [0, 0.1) is 6.92 Å². The molecule has 0 spiro atoms. The Morgan fingerprint density at radius 3 is 2.46 bits per heavy atom. The van der Waals surface area contributed by atoms with Crippen molar-refractivity contribution in [1.82, 2.24) is 4.57 Å². The highest BCUT2D eigenvalue weighted by atomic mass is 16.5. The molecule has 0 saturated heterocycles. The summed E-state index contributed by atoms with van der Waals surface area (Å²) in [6, 6.07) is 15.5. The Balaban J connectivity index is 2.02. The highest BCUT2D eigenvalue weighted by Gasteiger charge is 2.23. The number of aromatic nitrogens is 1. The maximum absolute atomic E-state index is 13.4. The van der Waals surface area contributed by atoms with Crippen LogP contribution in [0.3, 0.4) is 0 Å². The van der Waals surface area contributed by atoms with Gasteiger partial charge < -0.3 is 19.7 Å². The van der Waals surface area contributed by atoms with Gasteiger partial charge in [0.25, 0.3) is 0 Å². The standard InChI is InChI=1S/C23H28N2O3/c1-15(2)24-13-18(26)14-25-21-8-6-5-7-20(21)16(3)22(25)23(27)17-9-11-19(28-4)12-10-17/h5-12,15,18,24,26H,13-14H2,1-4H3/p+1/t18-/m1/s1. The first-order valence-corrected chi connectivity index (χ1v) is 9.70. The van der Waals surface area contributed by atoms with E-state index < -0.39 is 6.10 Å². The van der Waals surface area contributed by atoms with Crippen LogP contribution in [0.2, 0.25) is 0 Å². The van der Waals surface area contributed by atoms with E-state index in [1.165, 1.54) is 0 Å². The normalized spacial score (nSPS) is 12.5. The molecule has 0 aliphatic carbocycles. The summed E-state index contributed by atoms with van der Waals surface area (Å²) in [5, 5.41) is 13.7. The molecule has 0 radical (unpaired) electrons. The summed E-state index contributed by atoms with van der Waals surface area (Å²) < 4.78 is 7.16. The first-order chi connectivity index (χ1) is 13.4. The Hall–Kier alpha value is -2.63. The molecule has 3 aromatic rings. The molecule has 0 bridgehead atoms. The van der Waals surface area contributed by atoms with Crippen molar-refractivity contribution in [2.75, 3.05) is 13.7 Å². The summed E-state index contributed by atoms with van der Waals surface area (Å²) in [7, 11) is 1.61. The number of rotatable bonds is 8. The van der Waals surface area contributed by atoms with Crippen molar-refractivity contribution in [3.05, 3.63) is 65.4 Å². The average Bonchev–Trinajstić information content (AvgIpc) is 2.98. The zero-order valence-electron chi connectivity index (χ0n) is 17.0. The molecular weight excluding hydrogens is 352 g/mol. The van der Waals surface area contributed by atoms with Crippen molar-refractivity contribution >= 4 is 16.7 Å². The summed E-state index contributed by atoms with van der Waals surface area (Å²) in [6.07, 6.45) is -0.542. The highest BCUT2D eigenvalue weighted by molar-refractivity contribution is 6.12. The number of aliphatic hydroxyl groups is 1. The average molecular weight is 381 g/mol. The van der Waals surface area contributed by atoms with Crippen molar-refractivity contribution in [2.45, 2.75) is 39.5 Å². The predicted octanol–water partition coefficient (Wildman–Crippen LogP) is 2.52. The van der Waals surface area contributed by atoms with Gasteiger partial charge >= 0.3 is 0 Å². The summed E-state index contributed by atoms with van der Waals surface area (Å²) in [5.41, 5.74) is 3.16. The third-order valence-corrected chi connectivity index (χ3v) is 5.06. The molecule has 3 rings (SSSR count).